The Morgan fingerprint density at radius 2 is 1.88 bits per heavy atom. The van der Waals surface area contributed by atoms with Gasteiger partial charge in [0, 0.05) is 32.1 Å². The van der Waals surface area contributed by atoms with E-state index in [0.717, 1.165) is 30.2 Å². The number of carbonyl (C=O) groups excluding carboxylic acids is 1. The summed E-state index contributed by atoms with van der Waals surface area (Å²) < 4.78 is 13.8. The fraction of sp³-hybridized carbons (Fsp3) is 0.278. The first-order valence-electron chi connectivity index (χ1n) is 8.06. The van der Waals surface area contributed by atoms with Crippen LogP contribution in [0.2, 0.25) is 0 Å². The number of benzene rings is 2. The summed E-state index contributed by atoms with van der Waals surface area (Å²) in [7, 11) is 0. The number of nitro benzene ring substituents is 1. The fourth-order valence-corrected chi connectivity index (χ4v) is 2.81. The summed E-state index contributed by atoms with van der Waals surface area (Å²) in [4.78, 5) is 23.5. The number of hydrogen-bond donors (Lipinski definition) is 1. The second-order valence-electron chi connectivity index (χ2n) is 6.01. The zero-order chi connectivity index (χ0) is 17.8. The third kappa shape index (κ3) is 4.12. The van der Waals surface area contributed by atoms with Gasteiger partial charge in [-0.3, -0.25) is 14.9 Å². The zero-order valence-corrected chi connectivity index (χ0v) is 13.6. The molecule has 1 N–H and O–H groups in total. The molecule has 25 heavy (non-hydrogen) atoms. The van der Waals surface area contributed by atoms with Crippen LogP contribution in [0.3, 0.4) is 0 Å². The Morgan fingerprint density at radius 3 is 2.48 bits per heavy atom. The van der Waals surface area contributed by atoms with Gasteiger partial charge in [0.25, 0.3) is 5.69 Å². The predicted molar refractivity (Wildman–Crippen MR) is 91.5 cm³/mol. The maximum absolute atomic E-state index is 13.8. The van der Waals surface area contributed by atoms with Crippen LogP contribution in [0.15, 0.2) is 42.5 Å². The molecule has 0 spiro atoms. The lowest BCUT2D eigenvalue weighted by molar-refractivity contribution is -0.385. The summed E-state index contributed by atoms with van der Waals surface area (Å²) in [5.41, 5.74) is 1.95. The molecule has 0 saturated carbocycles. The molecule has 2 aromatic carbocycles. The van der Waals surface area contributed by atoms with E-state index in [4.69, 9.17) is 0 Å². The van der Waals surface area contributed by atoms with Crippen LogP contribution in [0, 0.1) is 15.9 Å². The van der Waals surface area contributed by atoms with Crippen molar-refractivity contribution < 1.29 is 14.1 Å². The Balaban J connectivity index is 1.58. The van der Waals surface area contributed by atoms with Gasteiger partial charge in [0.15, 0.2) is 5.82 Å². The van der Waals surface area contributed by atoms with E-state index in [1.807, 2.05) is 29.2 Å². The van der Waals surface area contributed by atoms with Crippen molar-refractivity contribution in [3.05, 3.63) is 69.5 Å². The van der Waals surface area contributed by atoms with E-state index >= 15 is 0 Å². The first kappa shape index (κ1) is 16.9. The number of nitrogens with zero attached hydrogens (tertiary/aromatic N) is 2. The van der Waals surface area contributed by atoms with Crippen molar-refractivity contribution in [1.82, 2.24) is 4.90 Å². The van der Waals surface area contributed by atoms with E-state index in [1.54, 1.807) is 0 Å². The number of anilines is 1. The third-order valence-electron chi connectivity index (χ3n) is 4.21. The van der Waals surface area contributed by atoms with Crippen molar-refractivity contribution in [1.29, 1.82) is 0 Å². The van der Waals surface area contributed by atoms with Gasteiger partial charge in [0.05, 0.1) is 16.7 Å². The number of amides is 1. The number of nitrogens with one attached hydrogen (secondary N) is 1. The van der Waals surface area contributed by atoms with Crippen molar-refractivity contribution in [2.75, 3.05) is 11.9 Å². The second-order valence-corrected chi connectivity index (χ2v) is 6.01. The average molecular weight is 343 g/mol. The van der Waals surface area contributed by atoms with Crippen molar-refractivity contribution in [3.63, 3.8) is 0 Å². The molecule has 1 aliphatic rings. The van der Waals surface area contributed by atoms with Crippen molar-refractivity contribution >= 4 is 17.3 Å². The molecule has 0 unspecified atom stereocenters. The number of non-ortho nitro benzene ring substituents is 1. The summed E-state index contributed by atoms with van der Waals surface area (Å²) in [6, 6.07) is 11.3. The van der Waals surface area contributed by atoms with E-state index in [9.17, 15) is 19.3 Å². The Kier molecular flexibility index (Phi) is 4.92. The minimum Gasteiger partial charge on any atom is -0.379 e. The molecule has 3 rings (SSSR count). The quantitative estimate of drug-likeness (QED) is 0.644. The van der Waals surface area contributed by atoms with Crippen LogP contribution in [0.4, 0.5) is 15.8 Å². The lowest BCUT2D eigenvalue weighted by Crippen LogP contribution is -2.23. The molecule has 1 saturated heterocycles. The van der Waals surface area contributed by atoms with Crippen LogP contribution in [-0.2, 0) is 17.9 Å². The van der Waals surface area contributed by atoms with Gasteiger partial charge in [0.1, 0.15) is 0 Å². The first-order valence-corrected chi connectivity index (χ1v) is 8.06. The maximum Gasteiger partial charge on any atom is 0.272 e. The highest BCUT2D eigenvalue weighted by Crippen LogP contribution is 2.21. The standard InChI is InChI=1S/C18H18FN3O3/c19-16-10-15(22(24)25)7-8-17(16)20-11-13-3-5-14(6-4-13)12-21-9-1-2-18(21)23/h3-8,10,20H,1-2,9,11-12H2. The van der Waals surface area contributed by atoms with E-state index in [2.05, 4.69) is 5.32 Å². The van der Waals surface area contributed by atoms with Gasteiger partial charge >= 0.3 is 0 Å². The fourth-order valence-electron chi connectivity index (χ4n) is 2.81. The van der Waals surface area contributed by atoms with Gasteiger partial charge in [-0.2, -0.15) is 0 Å². The Labute approximate surface area is 144 Å². The van der Waals surface area contributed by atoms with Crippen LogP contribution in [0.5, 0.6) is 0 Å². The van der Waals surface area contributed by atoms with E-state index in [-0.39, 0.29) is 17.3 Å². The van der Waals surface area contributed by atoms with Gasteiger partial charge < -0.3 is 10.2 Å². The highest BCUT2D eigenvalue weighted by molar-refractivity contribution is 5.78. The normalized spacial score (nSPS) is 14.0. The summed E-state index contributed by atoms with van der Waals surface area (Å²) in [6.07, 6.45) is 1.55. The average Bonchev–Trinajstić information content (AvgIpc) is 3.00. The zero-order valence-electron chi connectivity index (χ0n) is 13.6. The van der Waals surface area contributed by atoms with Crippen LogP contribution in [0.25, 0.3) is 0 Å². The van der Waals surface area contributed by atoms with Crippen LogP contribution in [0.1, 0.15) is 24.0 Å². The van der Waals surface area contributed by atoms with E-state index < -0.39 is 10.7 Å². The largest absolute Gasteiger partial charge is 0.379 e. The lowest BCUT2D eigenvalue weighted by Gasteiger charge is -2.15. The number of halogens is 1. The van der Waals surface area contributed by atoms with Gasteiger partial charge in [-0.05, 0) is 23.6 Å². The van der Waals surface area contributed by atoms with Gasteiger partial charge in [-0.25, -0.2) is 4.39 Å². The molecular formula is C18H18FN3O3. The number of likely N-dealkylation sites (tertiary alicyclic amines) is 1. The van der Waals surface area contributed by atoms with Gasteiger partial charge in [0.2, 0.25) is 5.91 Å². The molecule has 6 nitrogen and oxygen atoms in total. The molecule has 1 aliphatic heterocycles. The van der Waals surface area contributed by atoms with Crippen molar-refractivity contribution in [3.8, 4) is 0 Å². The molecule has 130 valence electrons. The Morgan fingerprint density at radius 1 is 1.16 bits per heavy atom. The summed E-state index contributed by atoms with van der Waals surface area (Å²) in [5.74, 6) is -0.460. The molecule has 1 heterocycles. The van der Waals surface area contributed by atoms with Crippen LogP contribution >= 0.6 is 0 Å². The van der Waals surface area contributed by atoms with Crippen LogP contribution in [-0.4, -0.2) is 22.3 Å². The lowest BCUT2D eigenvalue weighted by atomic mass is 10.1. The molecule has 0 bridgehead atoms. The Bertz CT molecular complexity index is 793. The first-order chi connectivity index (χ1) is 12.0. The van der Waals surface area contributed by atoms with Gasteiger partial charge in [-0.1, -0.05) is 24.3 Å². The SMILES string of the molecule is O=C1CCCN1Cc1ccc(CNc2ccc([N+](=O)[O-])cc2F)cc1. The molecule has 0 radical (unpaired) electrons. The molecular weight excluding hydrogens is 325 g/mol. The number of carbonyl (C=O) groups is 1. The Hall–Kier alpha value is -2.96. The number of hydrogen-bond acceptors (Lipinski definition) is 4. The van der Waals surface area contributed by atoms with E-state index in [0.29, 0.717) is 19.5 Å². The van der Waals surface area contributed by atoms with Crippen molar-refractivity contribution in [2.24, 2.45) is 0 Å². The molecule has 0 atom stereocenters. The monoisotopic (exact) mass is 343 g/mol. The van der Waals surface area contributed by atoms with Crippen LogP contribution < -0.4 is 5.32 Å². The minimum atomic E-state index is -0.654. The topological polar surface area (TPSA) is 75.5 Å². The number of nitro groups is 1. The molecule has 1 fully saturated rings. The molecule has 0 aliphatic carbocycles. The maximum atomic E-state index is 13.8. The highest BCUT2D eigenvalue weighted by atomic mass is 19.1. The minimum absolute atomic E-state index is 0.194. The summed E-state index contributed by atoms with van der Waals surface area (Å²) >= 11 is 0. The molecule has 2 aromatic rings. The van der Waals surface area contributed by atoms with E-state index in [1.165, 1.54) is 12.1 Å². The highest BCUT2D eigenvalue weighted by Gasteiger charge is 2.19. The summed E-state index contributed by atoms with van der Waals surface area (Å²) in [6.45, 7) is 1.82. The number of rotatable bonds is 6. The van der Waals surface area contributed by atoms with Gasteiger partial charge in [-0.15, -0.1) is 0 Å². The molecule has 1 amide bonds. The molecule has 7 heteroatoms. The molecule has 0 aromatic heterocycles. The third-order valence-corrected chi connectivity index (χ3v) is 4.21. The predicted octanol–water partition coefficient (Wildman–Crippen LogP) is 3.47. The second kappa shape index (κ2) is 7.29. The van der Waals surface area contributed by atoms with Crippen molar-refractivity contribution in [2.45, 2.75) is 25.9 Å². The summed E-state index contributed by atoms with van der Waals surface area (Å²) in [5, 5.41) is 13.5. The smallest absolute Gasteiger partial charge is 0.272 e.